The van der Waals surface area contributed by atoms with Crippen LogP contribution in [0.5, 0.6) is 0 Å². The van der Waals surface area contributed by atoms with Gasteiger partial charge in [0.15, 0.2) is 0 Å². The molecular formula is C83H56N2. The van der Waals surface area contributed by atoms with Crippen LogP contribution in [0.4, 0.5) is 17.1 Å². The number of para-hydroxylation sites is 2. The number of aromatic nitrogens is 1. The lowest BCUT2D eigenvalue weighted by molar-refractivity contribution is 0.769. The van der Waals surface area contributed by atoms with Crippen LogP contribution in [0.3, 0.4) is 0 Å². The third-order valence-electron chi connectivity index (χ3n) is 17.7. The molecular weight excluding hydrogens is 1020 g/mol. The second kappa shape index (κ2) is 20.7. The molecule has 0 atom stereocenters. The first kappa shape index (κ1) is 49.7. The minimum Gasteiger partial charge on any atom is -0.311 e. The molecule has 1 heterocycles. The summed E-state index contributed by atoms with van der Waals surface area (Å²) in [6, 6.07) is 125. The van der Waals surface area contributed by atoms with Crippen LogP contribution < -0.4 is 4.90 Å². The largest absolute Gasteiger partial charge is 0.311 e. The Balaban J connectivity index is 0.752. The van der Waals surface area contributed by atoms with Crippen molar-refractivity contribution in [2.45, 2.75) is 5.41 Å². The van der Waals surface area contributed by atoms with E-state index >= 15 is 0 Å². The molecule has 1 aliphatic rings. The Morgan fingerprint density at radius 1 is 0.235 bits per heavy atom. The van der Waals surface area contributed by atoms with E-state index in [-0.39, 0.29) is 0 Å². The van der Waals surface area contributed by atoms with Crippen LogP contribution in [0.25, 0.3) is 105 Å². The first-order valence-corrected chi connectivity index (χ1v) is 29.4. The molecule has 2 heteroatoms. The number of anilines is 3. The van der Waals surface area contributed by atoms with Crippen molar-refractivity contribution < 1.29 is 0 Å². The van der Waals surface area contributed by atoms with Crippen molar-refractivity contribution in [3.05, 3.63) is 362 Å². The summed E-state index contributed by atoms with van der Waals surface area (Å²) in [5, 5.41) is 4.99. The standard InChI is InChI=1S/C83H56N2/c1-4-21-69(22-5-1)83(70-23-6-2-7-24-70)79-29-14-12-27-75(79)76-51-43-68(56-80(76)83)62-41-49-74(50-42-62)84(73-47-39-61(40-48-73)67-44-52-82-78(55-67)77-28-13-15-30-81(77)85(82)71-25-8-3-9-26-71)72-45-37-59(38-46-72)58-31-33-60(34-32-58)64-19-16-20-65(53-64)66-36-35-57-17-10-11-18-63(57)54-66/h1-56H. The van der Waals surface area contributed by atoms with E-state index in [0.29, 0.717) is 0 Å². The minimum absolute atomic E-state index is 0.473. The highest BCUT2D eigenvalue weighted by Gasteiger charge is 2.46. The summed E-state index contributed by atoms with van der Waals surface area (Å²) in [7, 11) is 0. The van der Waals surface area contributed by atoms with Gasteiger partial charge in [0.2, 0.25) is 0 Å². The van der Waals surface area contributed by atoms with E-state index in [2.05, 4.69) is 349 Å². The molecule has 1 aliphatic carbocycles. The van der Waals surface area contributed by atoms with Crippen molar-refractivity contribution in [2.75, 3.05) is 4.90 Å². The first-order valence-electron chi connectivity index (χ1n) is 29.4. The summed E-state index contributed by atoms with van der Waals surface area (Å²) < 4.78 is 2.38. The number of rotatable bonds is 11. The normalized spacial score (nSPS) is 12.3. The minimum atomic E-state index is -0.473. The molecule has 16 rings (SSSR count). The summed E-state index contributed by atoms with van der Waals surface area (Å²) >= 11 is 0. The fourth-order valence-corrected chi connectivity index (χ4v) is 13.6. The molecule has 0 amide bonds. The maximum absolute atomic E-state index is 2.45. The number of hydrogen-bond donors (Lipinski definition) is 0. The van der Waals surface area contributed by atoms with E-state index in [4.69, 9.17) is 0 Å². The van der Waals surface area contributed by atoms with Gasteiger partial charge >= 0.3 is 0 Å². The van der Waals surface area contributed by atoms with Crippen LogP contribution in [0, 0.1) is 0 Å². The van der Waals surface area contributed by atoms with Crippen LogP contribution in [0.15, 0.2) is 340 Å². The molecule has 0 radical (unpaired) electrons. The lowest BCUT2D eigenvalue weighted by Gasteiger charge is -2.34. The molecule has 14 aromatic carbocycles. The van der Waals surface area contributed by atoms with Gasteiger partial charge in [0.25, 0.3) is 0 Å². The summed E-state index contributed by atoms with van der Waals surface area (Å²) in [5.41, 5.74) is 25.9. The van der Waals surface area contributed by atoms with E-state index in [1.54, 1.807) is 0 Å². The SMILES string of the molecule is c1ccc(-n2c3ccccc3c3cc(-c4ccc(N(c5ccc(-c6ccc(-c7cccc(-c8ccc9ccccc9c8)c7)cc6)cc5)c5ccc(-c6ccc7c(c6)C(c6ccccc6)(c6ccccc6)c6ccccc6-7)cc5)cc4)ccc32)cc1. The highest BCUT2D eigenvalue weighted by molar-refractivity contribution is 6.10. The van der Waals surface area contributed by atoms with Crippen molar-refractivity contribution in [2.24, 2.45) is 0 Å². The van der Waals surface area contributed by atoms with Gasteiger partial charge in [0, 0.05) is 33.5 Å². The van der Waals surface area contributed by atoms with Gasteiger partial charge in [-0.05, 0) is 185 Å². The van der Waals surface area contributed by atoms with Crippen molar-refractivity contribution >= 4 is 49.6 Å². The fraction of sp³-hybridized carbons (Fsp3) is 0.0120. The van der Waals surface area contributed by atoms with E-state index in [1.165, 1.54) is 105 Å². The lowest BCUT2D eigenvalue weighted by atomic mass is 9.67. The molecule has 0 bridgehead atoms. The number of nitrogens with zero attached hydrogens (tertiary/aromatic N) is 2. The molecule has 2 nitrogen and oxygen atoms in total. The average molecular weight is 1080 g/mol. The number of hydrogen-bond acceptors (Lipinski definition) is 1. The molecule has 0 saturated heterocycles. The van der Waals surface area contributed by atoms with Gasteiger partial charge in [-0.2, -0.15) is 0 Å². The third-order valence-corrected chi connectivity index (χ3v) is 17.7. The predicted molar refractivity (Wildman–Crippen MR) is 357 cm³/mol. The summed E-state index contributed by atoms with van der Waals surface area (Å²) in [5.74, 6) is 0. The van der Waals surface area contributed by atoms with Crippen molar-refractivity contribution in [1.82, 2.24) is 4.57 Å². The summed E-state index contributed by atoms with van der Waals surface area (Å²) in [6.07, 6.45) is 0. The first-order chi connectivity index (χ1) is 42.1. The Hall–Kier alpha value is -11.1. The zero-order valence-corrected chi connectivity index (χ0v) is 46.7. The van der Waals surface area contributed by atoms with E-state index in [1.807, 2.05) is 0 Å². The summed E-state index contributed by atoms with van der Waals surface area (Å²) in [4.78, 5) is 2.38. The Labute approximate surface area is 496 Å². The molecule has 0 fully saturated rings. The second-order valence-electron chi connectivity index (χ2n) is 22.4. The van der Waals surface area contributed by atoms with Gasteiger partial charge in [0.1, 0.15) is 0 Å². The molecule has 0 saturated carbocycles. The molecule has 85 heavy (non-hydrogen) atoms. The van der Waals surface area contributed by atoms with Crippen molar-refractivity contribution in [1.29, 1.82) is 0 Å². The van der Waals surface area contributed by atoms with Gasteiger partial charge in [-0.25, -0.2) is 0 Å². The molecule has 1 aromatic heterocycles. The van der Waals surface area contributed by atoms with Gasteiger partial charge < -0.3 is 9.47 Å². The van der Waals surface area contributed by atoms with Crippen LogP contribution in [-0.2, 0) is 5.41 Å². The molecule has 0 unspecified atom stereocenters. The lowest BCUT2D eigenvalue weighted by Crippen LogP contribution is -2.28. The summed E-state index contributed by atoms with van der Waals surface area (Å²) in [6.45, 7) is 0. The van der Waals surface area contributed by atoms with Crippen molar-refractivity contribution in [3.63, 3.8) is 0 Å². The Morgan fingerprint density at radius 2 is 0.659 bits per heavy atom. The monoisotopic (exact) mass is 1080 g/mol. The van der Waals surface area contributed by atoms with Gasteiger partial charge in [-0.15, -0.1) is 0 Å². The van der Waals surface area contributed by atoms with Crippen LogP contribution in [0.2, 0.25) is 0 Å². The highest BCUT2D eigenvalue weighted by atomic mass is 15.1. The van der Waals surface area contributed by atoms with E-state index in [0.717, 1.165) is 39.4 Å². The molecule has 398 valence electrons. The van der Waals surface area contributed by atoms with Crippen molar-refractivity contribution in [3.8, 4) is 72.4 Å². The molecule has 15 aromatic rings. The second-order valence-corrected chi connectivity index (χ2v) is 22.4. The quantitative estimate of drug-likeness (QED) is 0.125. The van der Waals surface area contributed by atoms with Crippen LogP contribution >= 0.6 is 0 Å². The fourth-order valence-electron chi connectivity index (χ4n) is 13.6. The van der Waals surface area contributed by atoms with Crippen LogP contribution in [0.1, 0.15) is 22.3 Å². The Bertz CT molecular complexity index is 4910. The number of fused-ring (bicyclic) bond motifs is 7. The predicted octanol–water partition coefficient (Wildman–Crippen LogP) is 22.1. The van der Waals surface area contributed by atoms with E-state index in [9.17, 15) is 0 Å². The average Bonchev–Trinajstić information content (AvgIpc) is 1.86. The zero-order valence-electron chi connectivity index (χ0n) is 46.7. The zero-order chi connectivity index (χ0) is 56.3. The molecule has 0 N–H and O–H groups in total. The smallest absolute Gasteiger partial charge is 0.0713 e. The maximum Gasteiger partial charge on any atom is 0.0713 e. The third kappa shape index (κ3) is 8.57. The Morgan fingerprint density at radius 3 is 1.29 bits per heavy atom. The van der Waals surface area contributed by atoms with Gasteiger partial charge in [0.05, 0.1) is 16.4 Å². The van der Waals surface area contributed by atoms with Gasteiger partial charge in [-0.1, -0.05) is 255 Å². The van der Waals surface area contributed by atoms with Crippen LogP contribution in [-0.4, -0.2) is 4.57 Å². The topological polar surface area (TPSA) is 8.17 Å². The Kier molecular flexibility index (Phi) is 12.1. The maximum atomic E-state index is 2.45. The highest BCUT2D eigenvalue weighted by Crippen LogP contribution is 2.57. The number of benzene rings is 14. The van der Waals surface area contributed by atoms with E-state index < -0.39 is 5.41 Å². The molecule has 0 spiro atoms. The molecule has 0 aliphatic heterocycles. The van der Waals surface area contributed by atoms with Gasteiger partial charge in [-0.3, -0.25) is 0 Å².